The fourth-order valence-corrected chi connectivity index (χ4v) is 2.54. The molecule has 7 nitrogen and oxygen atoms in total. The van der Waals surface area contributed by atoms with Gasteiger partial charge in [-0.3, -0.25) is 14.9 Å². The van der Waals surface area contributed by atoms with E-state index in [0.717, 1.165) is 0 Å². The van der Waals surface area contributed by atoms with Crippen molar-refractivity contribution in [1.82, 2.24) is 9.88 Å². The van der Waals surface area contributed by atoms with Crippen LogP contribution in [-0.2, 0) is 0 Å². The SMILES string of the molecule is CC(O)C1CCN(C(=O)c2ccnc(Cl)c2[N+](=O)[O-])C1. The second kappa shape index (κ2) is 5.72. The Bertz CT molecular complexity index is 550. The fourth-order valence-electron chi connectivity index (χ4n) is 2.31. The van der Waals surface area contributed by atoms with Gasteiger partial charge in [-0.1, -0.05) is 11.6 Å². The molecule has 0 bridgehead atoms. The van der Waals surface area contributed by atoms with E-state index in [0.29, 0.717) is 19.5 Å². The van der Waals surface area contributed by atoms with E-state index in [9.17, 15) is 20.0 Å². The minimum Gasteiger partial charge on any atom is -0.393 e. The van der Waals surface area contributed by atoms with Crippen LogP contribution in [0.25, 0.3) is 0 Å². The Morgan fingerprint density at radius 1 is 1.70 bits per heavy atom. The number of likely N-dealkylation sites (tertiary alicyclic amines) is 1. The summed E-state index contributed by atoms with van der Waals surface area (Å²) in [5.74, 6) is -0.459. The van der Waals surface area contributed by atoms with Crippen molar-refractivity contribution in [3.05, 3.63) is 33.1 Å². The van der Waals surface area contributed by atoms with Crippen LogP contribution < -0.4 is 0 Å². The monoisotopic (exact) mass is 299 g/mol. The van der Waals surface area contributed by atoms with Crippen LogP contribution in [0.4, 0.5) is 5.69 Å². The van der Waals surface area contributed by atoms with Gasteiger partial charge in [-0.25, -0.2) is 4.98 Å². The van der Waals surface area contributed by atoms with Crippen molar-refractivity contribution >= 4 is 23.2 Å². The van der Waals surface area contributed by atoms with E-state index in [-0.39, 0.29) is 16.6 Å². The van der Waals surface area contributed by atoms with E-state index in [4.69, 9.17) is 11.6 Å². The molecular weight excluding hydrogens is 286 g/mol. The number of amides is 1. The second-order valence-corrected chi connectivity index (χ2v) is 5.15. The summed E-state index contributed by atoms with van der Waals surface area (Å²) in [6.45, 7) is 2.52. The van der Waals surface area contributed by atoms with Gasteiger partial charge in [0, 0.05) is 25.2 Å². The molecule has 20 heavy (non-hydrogen) atoms. The highest BCUT2D eigenvalue weighted by atomic mass is 35.5. The van der Waals surface area contributed by atoms with Gasteiger partial charge in [0.2, 0.25) is 5.15 Å². The Morgan fingerprint density at radius 2 is 2.40 bits per heavy atom. The zero-order valence-corrected chi connectivity index (χ0v) is 11.6. The molecule has 2 heterocycles. The number of hydrogen-bond donors (Lipinski definition) is 1. The fraction of sp³-hybridized carbons (Fsp3) is 0.500. The topological polar surface area (TPSA) is 96.6 Å². The highest BCUT2D eigenvalue weighted by Gasteiger charge is 2.33. The van der Waals surface area contributed by atoms with Crippen molar-refractivity contribution in [2.75, 3.05) is 13.1 Å². The molecule has 1 fully saturated rings. The number of aliphatic hydroxyl groups is 1. The summed E-state index contributed by atoms with van der Waals surface area (Å²) < 4.78 is 0. The summed E-state index contributed by atoms with van der Waals surface area (Å²) in [5, 5.41) is 20.2. The maximum atomic E-state index is 12.3. The number of aliphatic hydroxyl groups excluding tert-OH is 1. The van der Waals surface area contributed by atoms with E-state index >= 15 is 0 Å². The molecule has 1 aliphatic heterocycles. The minimum atomic E-state index is -0.704. The Balaban J connectivity index is 2.27. The largest absolute Gasteiger partial charge is 0.393 e. The lowest BCUT2D eigenvalue weighted by Gasteiger charge is -2.17. The summed E-state index contributed by atoms with van der Waals surface area (Å²) in [6, 6.07) is 1.29. The predicted molar refractivity (Wildman–Crippen MR) is 71.6 cm³/mol. The van der Waals surface area contributed by atoms with Gasteiger partial charge in [0.25, 0.3) is 5.91 Å². The van der Waals surface area contributed by atoms with Crippen molar-refractivity contribution in [3.63, 3.8) is 0 Å². The van der Waals surface area contributed by atoms with Crippen LogP contribution in [0.1, 0.15) is 23.7 Å². The molecule has 0 aliphatic carbocycles. The van der Waals surface area contributed by atoms with Crippen molar-refractivity contribution in [3.8, 4) is 0 Å². The van der Waals surface area contributed by atoms with Gasteiger partial charge < -0.3 is 10.0 Å². The first-order chi connectivity index (χ1) is 9.41. The van der Waals surface area contributed by atoms with Crippen molar-refractivity contribution in [1.29, 1.82) is 0 Å². The van der Waals surface area contributed by atoms with Crippen LogP contribution in [0.2, 0.25) is 5.15 Å². The summed E-state index contributed by atoms with van der Waals surface area (Å²) in [6.07, 6.45) is 1.43. The second-order valence-electron chi connectivity index (χ2n) is 4.80. The number of aromatic nitrogens is 1. The van der Waals surface area contributed by atoms with Crippen LogP contribution in [0.15, 0.2) is 12.3 Å². The van der Waals surface area contributed by atoms with Gasteiger partial charge in [0.05, 0.1) is 11.0 Å². The zero-order valence-electron chi connectivity index (χ0n) is 10.8. The molecule has 0 saturated carbocycles. The predicted octanol–water partition coefficient (Wildman–Crippen LogP) is 1.49. The molecule has 1 saturated heterocycles. The van der Waals surface area contributed by atoms with Gasteiger partial charge in [-0.05, 0) is 19.4 Å². The normalized spacial score (nSPS) is 19.9. The van der Waals surface area contributed by atoms with E-state index < -0.39 is 22.6 Å². The summed E-state index contributed by atoms with van der Waals surface area (Å²) in [7, 11) is 0. The van der Waals surface area contributed by atoms with Crippen LogP contribution in [0.3, 0.4) is 0 Å². The number of nitro groups is 1. The lowest BCUT2D eigenvalue weighted by atomic mass is 10.0. The quantitative estimate of drug-likeness (QED) is 0.518. The Labute approximate surface area is 120 Å². The van der Waals surface area contributed by atoms with Gasteiger partial charge in [0.15, 0.2) is 0 Å². The van der Waals surface area contributed by atoms with Crippen LogP contribution in [0.5, 0.6) is 0 Å². The maximum Gasteiger partial charge on any atom is 0.319 e. The highest BCUT2D eigenvalue weighted by Crippen LogP contribution is 2.29. The van der Waals surface area contributed by atoms with Crippen LogP contribution in [-0.4, -0.2) is 45.0 Å². The number of nitrogens with zero attached hydrogens (tertiary/aromatic N) is 3. The standard InChI is InChI=1S/C12H14ClN3O4/c1-7(17)8-3-5-15(6-8)12(18)9-2-4-14-11(13)10(9)16(19)20/h2,4,7-8,17H,3,5-6H2,1H3. The number of carbonyl (C=O) groups is 1. The van der Waals surface area contributed by atoms with Crippen molar-refractivity contribution < 1.29 is 14.8 Å². The molecule has 8 heteroatoms. The molecule has 0 aromatic carbocycles. The van der Waals surface area contributed by atoms with Crippen molar-refractivity contribution in [2.24, 2.45) is 5.92 Å². The van der Waals surface area contributed by atoms with Gasteiger partial charge >= 0.3 is 5.69 Å². The third kappa shape index (κ3) is 2.73. The first kappa shape index (κ1) is 14.7. The zero-order chi connectivity index (χ0) is 14.9. The average molecular weight is 300 g/mol. The van der Waals surface area contributed by atoms with E-state index in [1.807, 2.05) is 0 Å². The van der Waals surface area contributed by atoms with E-state index in [1.165, 1.54) is 17.2 Å². The van der Waals surface area contributed by atoms with E-state index in [1.54, 1.807) is 6.92 Å². The lowest BCUT2D eigenvalue weighted by Crippen LogP contribution is -2.31. The number of halogens is 1. The Hall–Kier alpha value is -1.73. The molecule has 0 spiro atoms. The first-order valence-corrected chi connectivity index (χ1v) is 6.56. The molecule has 1 N–H and O–H groups in total. The molecule has 1 aromatic rings. The molecule has 1 aliphatic rings. The Kier molecular flexibility index (Phi) is 4.20. The third-order valence-corrected chi connectivity index (χ3v) is 3.76. The highest BCUT2D eigenvalue weighted by molar-refractivity contribution is 6.32. The summed E-state index contributed by atoms with van der Waals surface area (Å²) in [4.78, 5) is 27.8. The number of hydrogen-bond acceptors (Lipinski definition) is 5. The molecule has 1 aromatic heterocycles. The molecule has 2 unspecified atom stereocenters. The molecule has 108 valence electrons. The third-order valence-electron chi connectivity index (χ3n) is 3.49. The molecule has 2 rings (SSSR count). The van der Waals surface area contributed by atoms with E-state index in [2.05, 4.69) is 4.98 Å². The minimum absolute atomic E-state index is 0.00434. The van der Waals surface area contributed by atoms with Crippen molar-refractivity contribution in [2.45, 2.75) is 19.4 Å². The molecule has 2 atom stereocenters. The smallest absolute Gasteiger partial charge is 0.319 e. The lowest BCUT2D eigenvalue weighted by molar-refractivity contribution is -0.385. The van der Waals surface area contributed by atoms with Gasteiger partial charge in [-0.15, -0.1) is 0 Å². The number of rotatable bonds is 3. The molecular formula is C12H14ClN3O4. The first-order valence-electron chi connectivity index (χ1n) is 6.18. The average Bonchev–Trinajstić information content (AvgIpc) is 2.86. The number of carbonyl (C=O) groups excluding carboxylic acids is 1. The molecule has 0 radical (unpaired) electrons. The van der Waals surface area contributed by atoms with Gasteiger partial charge in [0.1, 0.15) is 5.56 Å². The van der Waals surface area contributed by atoms with Crippen LogP contribution in [0, 0.1) is 16.0 Å². The Morgan fingerprint density at radius 3 is 2.95 bits per heavy atom. The summed E-state index contributed by atoms with van der Waals surface area (Å²) >= 11 is 5.69. The van der Waals surface area contributed by atoms with Crippen LogP contribution >= 0.6 is 11.6 Å². The number of pyridine rings is 1. The van der Waals surface area contributed by atoms with Gasteiger partial charge in [-0.2, -0.15) is 0 Å². The summed E-state index contributed by atoms with van der Waals surface area (Å²) in [5.41, 5.74) is -0.541. The molecule has 1 amide bonds. The maximum absolute atomic E-state index is 12.3.